The Balaban J connectivity index is 1.19. The molecule has 0 radical (unpaired) electrons. The maximum absolute atomic E-state index is 5.32. The molecule has 3 heterocycles. The Morgan fingerprint density at radius 2 is 1.17 bits per heavy atom. The molecule has 0 bridgehead atoms. The van der Waals surface area contributed by atoms with Crippen LogP contribution in [0.2, 0.25) is 0 Å². The fourth-order valence-corrected chi connectivity index (χ4v) is 8.30. The number of hydrogen-bond donors (Lipinski definition) is 0. The van der Waals surface area contributed by atoms with E-state index in [2.05, 4.69) is 134 Å². The topological polar surface area (TPSA) is 38.7 Å². The predicted molar refractivity (Wildman–Crippen MR) is 192 cm³/mol. The van der Waals surface area contributed by atoms with Crippen LogP contribution in [0.5, 0.6) is 0 Å². The number of benzene rings is 5. The van der Waals surface area contributed by atoms with Crippen LogP contribution in [-0.4, -0.2) is 15.0 Å². The number of aromatic nitrogens is 3. The van der Waals surface area contributed by atoms with E-state index in [9.17, 15) is 0 Å². The quantitative estimate of drug-likeness (QED) is 0.200. The number of nitrogens with zero attached hydrogens (tertiary/aromatic N) is 3. The summed E-state index contributed by atoms with van der Waals surface area (Å²) in [7, 11) is 0. The first-order chi connectivity index (χ1) is 22.6. The number of fused-ring (bicyclic) bond motifs is 6. The third-order valence-electron chi connectivity index (χ3n) is 9.37. The van der Waals surface area contributed by atoms with Crippen molar-refractivity contribution in [2.24, 2.45) is 0 Å². The van der Waals surface area contributed by atoms with Gasteiger partial charge in [0.05, 0.1) is 17.1 Å². The lowest BCUT2D eigenvalue weighted by Crippen LogP contribution is -2.17. The Bertz CT molecular complexity index is 2420. The Labute approximate surface area is 271 Å². The molecule has 0 saturated carbocycles. The zero-order valence-corrected chi connectivity index (χ0v) is 26.3. The van der Waals surface area contributed by atoms with Crippen LogP contribution in [0, 0.1) is 0 Å². The summed E-state index contributed by atoms with van der Waals surface area (Å²) >= 11 is 1.87. The summed E-state index contributed by atoms with van der Waals surface area (Å²) in [6, 6.07) is 47.4. The first kappa shape index (κ1) is 26.9. The summed E-state index contributed by atoms with van der Waals surface area (Å²) in [6.07, 6.45) is 1.83. The van der Waals surface area contributed by atoms with Gasteiger partial charge in [-0.25, -0.2) is 9.97 Å². The number of thiophene rings is 1. The van der Waals surface area contributed by atoms with E-state index in [0.717, 1.165) is 39.6 Å². The van der Waals surface area contributed by atoms with Crippen molar-refractivity contribution in [1.82, 2.24) is 15.0 Å². The molecule has 0 N–H and O–H groups in total. The molecule has 5 aromatic carbocycles. The van der Waals surface area contributed by atoms with Crippen LogP contribution in [0.1, 0.15) is 25.0 Å². The standard InChI is InChI=1S/C42H29N3S/c1-42(2)34-14-5-3-11-33(34)39-37(42)38(44-41(45-39)29-23-19-27(20-24-29)35-15-7-8-25-43-35)28-21-17-26(18-22-28)30-12-9-13-32-31-10-4-6-16-36(31)46-40(30)32/h3-25H,1-2H3. The van der Waals surface area contributed by atoms with Gasteiger partial charge in [-0.15, -0.1) is 11.3 Å². The molecule has 1 aliphatic carbocycles. The Hall–Kier alpha value is -5.45. The molecule has 0 spiro atoms. The van der Waals surface area contributed by atoms with E-state index in [-0.39, 0.29) is 5.41 Å². The first-order valence-electron chi connectivity index (χ1n) is 15.6. The van der Waals surface area contributed by atoms with Gasteiger partial charge in [-0.3, -0.25) is 4.98 Å². The number of rotatable bonds is 4. The van der Waals surface area contributed by atoms with E-state index in [1.54, 1.807) is 0 Å². The van der Waals surface area contributed by atoms with Gasteiger partial charge in [0.1, 0.15) is 0 Å². The normalized spacial score (nSPS) is 13.2. The molecule has 0 aliphatic heterocycles. The molecule has 0 unspecified atom stereocenters. The molecular formula is C42H29N3S. The van der Waals surface area contributed by atoms with Gasteiger partial charge in [-0.1, -0.05) is 129 Å². The van der Waals surface area contributed by atoms with Crippen LogP contribution >= 0.6 is 11.3 Å². The molecule has 3 nitrogen and oxygen atoms in total. The van der Waals surface area contributed by atoms with Crippen molar-refractivity contribution in [3.8, 4) is 56.3 Å². The second-order valence-electron chi connectivity index (χ2n) is 12.4. The summed E-state index contributed by atoms with van der Waals surface area (Å²) in [4.78, 5) is 15.1. The average molecular weight is 608 g/mol. The van der Waals surface area contributed by atoms with Gasteiger partial charge in [0.25, 0.3) is 0 Å². The summed E-state index contributed by atoms with van der Waals surface area (Å²) in [5.41, 5.74) is 12.0. The van der Waals surface area contributed by atoms with E-state index in [1.165, 1.54) is 48.0 Å². The lowest BCUT2D eigenvalue weighted by molar-refractivity contribution is 0.658. The second kappa shape index (κ2) is 10.3. The first-order valence-corrected chi connectivity index (χ1v) is 16.4. The third-order valence-corrected chi connectivity index (χ3v) is 10.6. The molecule has 0 amide bonds. The maximum atomic E-state index is 5.32. The molecular weight excluding hydrogens is 579 g/mol. The van der Waals surface area contributed by atoms with Gasteiger partial charge in [-0.05, 0) is 34.9 Å². The molecule has 4 heteroatoms. The highest BCUT2D eigenvalue weighted by molar-refractivity contribution is 7.26. The van der Waals surface area contributed by atoms with Crippen molar-refractivity contribution in [3.63, 3.8) is 0 Å². The minimum atomic E-state index is -0.232. The molecule has 9 rings (SSSR count). The molecule has 0 atom stereocenters. The van der Waals surface area contributed by atoms with Crippen molar-refractivity contribution >= 4 is 31.5 Å². The zero-order chi connectivity index (χ0) is 30.8. The molecule has 8 aromatic rings. The van der Waals surface area contributed by atoms with Crippen molar-refractivity contribution < 1.29 is 0 Å². The summed E-state index contributed by atoms with van der Waals surface area (Å²) in [6.45, 7) is 4.59. The fourth-order valence-electron chi connectivity index (χ4n) is 7.06. The van der Waals surface area contributed by atoms with E-state index in [1.807, 2.05) is 35.7 Å². The van der Waals surface area contributed by atoms with Gasteiger partial charge in [0.15, 0.2) is 5.82 Å². The van der Waals surface area contributed by atoms with Crippen molar-refractivity contribution in [2.75, 3.05) is 0 Å². The molecule has 3 aromatic heterocycles. The van der Waals surface area contributed by atoms with Gasteiger partial charge in [0.2, 0.25) is 0 Å². The Morgan fingerprint density at radius 3 is 2.00 bits per heavy atom. The van der Waals surface area contributed by atoms with Crippen molar-refractivity contribution in [3.05, 3.63) is 151 Å². The lowest BCUT2D eigenvalue weighted by atomic mass is 9.80. The molecule has 218 valence electrons. The Kier molecular flexibility index (Phi) is 6.02. The Morgan fingerprint density at radius 1 is 0.522 bits per heavy atom. The monoisotopic (exact) mass is 607 g/mol. The van der Waals surface area contributed by atoms with Crippen LogP contribution in [0.25, 0.3) is 76.5 Å². The van der Waals surface area contributed by atoms with Crippen LogP contribution in [0.15, 0.2) is 140 Å². The number of pyridine rings is 1. The maximum Gasteiger partial charge on any atom is 0.160 e. The minimum absolute atomic E-state index is 0.232. The average Bonchev–Trinajstić information content (AvgIpc) is 3.61. The van der Waals surface area contributed by atoms with E-state index in [0.29, 0.717) is 0 Å². The smallest absolute Gasteiger partial charge is 0.160 e. The summed E-state index contributed by atoms with van der Waals surface area (Å²) in [5.74, 6) is 0.730. The zero-order valence-electron chi connectivity index (χ0n) is 25.5. The highest BCUT2D eigenvalue weighted by Gasteiger charge is 2.40. The molecule has 46 heavy (non-hydrogen) atoms. The van der Waals surface area contributed by atoms with Crippen molar-refractivity contribution in [2.45, 2.75) is 19.3 Å². The van der Waals surface area contributed by atoms with Crippen LogP contribution in [0.3, 0.4) is 0 Å². The van der Waals surface area contributed by atoms with Crippen molar-refractivity contribution in [1.29, 1.82) is 0 Å². The van der Waals surface area contributed by atoms with Crippen LogP contribution < -0.4 is 0 Å². The number of hydrogen-bond acceptors (Lipinski definition) is 4. The third kappa shape index (κ3) is 4.14. The largest absolute Gasteiger partial charge is 0.256 e. The van der Waals surface area contributed by atoms with Gasteiger partial charge < -0.3 is 0 Å². The van der Waals surface area contributed by atoms with Gasteiger partial charge >= 0.3 is 0 Å². The fraction of sp³-hybridized carbons (Fsp3) is 0.0714. The molecule has 0 saturated heterocycles. The SMILES string of the molecule is CC1(C)c2ccccc2-c2nc(-c3ccc(-c4ccccn4)cc3)nc(-c3ccc(-c4cccc5c4sc4ccccc45)cc3)c21. The minimum Gasteiger partial charge on any atom is -0.256 e. The summed E-state index contributed by atoms with van der Waals surface area (Å²) in [5, 5.41) is 2.63. The predicted octanol–water partition coefficient (Wildman–Crippen LogP) is 11.2. The van der Waals surface area contributed by atoms with Crippen LogP contribution in [0.4, 0.5) is 0 Å². The second-order valence-corrected chi connectivity index (χ2v) is 13.5. The van der Waals surface area contributed by atoms with E-state index < -0.39 is 0 Å². The molecule has 1 aliphatic rings. The van der Waals surface area contributed by atoms with Gasteiger partial charge in [0, 0.05) is 59.6 Å². The lowest BCUT2D eigenvalue weighted by Gasteiger charge is -2.24. The van der Waals surface area contributed by atoms with Crippen LogP contribution in [-0.2, 0) is 5.41 Å². The van der Waals surface area contributed by atoms with E-state index in [4.69, 9.17) is 9.97 Å². The molecule has 0 fully saturated rings. The summed E-state index contributed by atoms with van der Waals surface area (Å²) < 4.78 is 2.65. The van der Waals surface area contributed by atoms with E-state index >= 15 is 0 Å². The highest BCUT2D eigenvalue weighted by Crippen LogP contribution is 2.51. The highest BCUT2D eigenvalue weighted by atomic mass is 32.1. The van der Waals surface area contributed by atoms with Gasteiger partial charge in [-0.2, -0.15) is 0 Å².